The minimum absolute atomic E-state index is 0.0177. The molecule has 2 aromatic rings. The lowest BCUT2D eigenvalue weighted by Crippen LogP contribution is -2.50. The highest BCUT2D eigenvalue weighted by atomic mass is 15.8. The minimum Gasteiger partial charge on any atom is -0.364 e. The molecule has 1 aliphatic rings. The second kappa shape index (κ2) is 8.62. The molecule has 1 aromatic carbocycles. The van der Waals surface area contributed by atoms with Gasteiger partial charge in [-0.05, 0) is 40.2 Å². The summed E-state index contributed by atoms with van der Waals surface area (Å²) >= 11 is 0. The van der Waals surface area contributed by atoms with Gasteiger partial charge in [-0.15, -0.1) is 5.53 Å². The summed E-state index contributed by atoms with van der Waals surface area (Å²) < 4.78 is 0. The van der Waals surface area contributed by atoms with Crippen molar-refractivity contribution in [1.82, 2.24) is 15.5 Å². The van der Waals surface area contributed by atoms with Gasteiger partial charge in [-0.3, -0.25) is 10.0 Å². The van der Waals surface area contributed by atoms with Crippen molar-refractivity contribution in [1.29, 1.82) is 0 Å². The first kappa shape index (κ1) is 20.2. The highest BCUT2D eigenvalue weighted by molar-refractivity contribution is 5.83. The maximum absolute atomic E-state index is 5.90. The third-order valence-corrected chi connectivity index (χ3v) is 4.47. The summed E-state index contributed by atoms with van der Waals surface area (Å²) in [6, 6.07) is 10.8. The van der Waals surface area contributed by atoms with Crippen LogP contribution in [0.15, 0.2) is 30.3 Å². The molecule has 1 atom stereocenters. The monoisotopic (exact) mass is 384 g/mol. The number of anilines is 4. The van der Waals surface area contributed by atoms with Gasteiger partial charge in [-0.1, -0.05) is 30.3 Å². The predicted molar refractivity (Wildman–Crippen MR) is 116 cm³/mol. The van der Waals surface area contributed by atoms with E-state index in [9.17, 15) is 0 Å². The van der Waals surface area contributed by atoms with E-state index in [4.69, 9.17) is 15.7 Å². The molecule has 0 saturated heterocycles. The minimum atomic E-state index is 0.0177. The van der Waals surface area contributed by atoms with Gasteiger partial charge in [-0.2, -0.15) is 9.97 Å². The Hall–Kier alpha value is -2.58. The van der Waals surface area contributed by atoms with E-state index in [0.717, 1.165) is 17.3 Å². The second-order valence-corrected chi connectivity index (χ2v) is 7.79. The van der Waals surface area contributed by atoms with Crippen molar-refractivity contribution in [2.75, 3.05) is 27.2 Å². The van der Waals surface area contributed by atoms with E-state index in [-0.39, 0.29) is 18.1 Å². The molecule has 0 bridgehead atoms. The Morgan fingerprint density at radius 1 is 0.964 bits per heavy atom. The van der Waals surface area contributed by atoms with Crippen molar-refractivity contribution in [3.63, 3.8) is 0 Å². The Labute approximate surface area is 167 Å². The number of nitrogens with zero attached hydrogens (tertiary/aromatic N) is 4. The van der Waals surface area contributed by atoms with E-state index in [1.54, 1.807) is 0 Å². The average Bonchev–Trinajstić information content (AvgIpc) is 3.05. The summed E-state index contributed by atoms with van der Waals surface area (Å²) in [5.41, 5.74) is 11.5. The molecule has 1 aromatic heterocycles. The zero-order valence-corrected chi connectivity index (χ0v) is 17.4. The number of benzene rings is 1. The zero-order chi connectivity index (χ0) is 20.3. The summed E-state index contributed by atoms with van der Waals surface area (Å²) in [5.74, 6) is 2.23. The van der Waals surface area contributed by atoms with E-state index in [0.29, 0.717) is 19.0 Å². The predicted octanol–water partition coefficient (Wildman–Crippen LogP) is 2.71. The number of hydrazine groups is 2. The van der Waals surface area contributed by atoms with Crippen LogP contribution in [0, 0.1) is 0 Å². The first-order valence-corrected chi connectivity index (χ1v) is 9.90. The molecule has 0 fully saturated rings. The first-order chi connectivity index (χ1) is 13.4. The Kier molecular flexibility index (Phi) is 6.21. The summed E-state index contributed by atoms with van der Waals surface area (Å²) in [6.45, 7) is 11.8. The summed E-state index contributed by atoms with van der Waals surface area (Å²) in [7, 11) is 0. The second-order valence-electron chi connectivity index (χ2n) is 7.79. The number of nitrogens with one attached hydrogen (secondary N) is 3. The van der Waals surface area contributed by atoms with Crippen molar-refractivity contribution < 1.29 is 0 Å². The van der Waals surface area contributed by atoms with Gasteiger partial charge in [0.2, 0.25) is 5.95 Å². The Balaban J connectivity index is 1.98. The molecule has 152 valence electrons. The van der Waals surface area contributed by atoms with Crippen molar-refractivity contribution in [2.24, 2.45) is 5.73 Å². The molecule has 2 heterocycles. The van der Waals surface area contributed by atoms with Gasteiger partial charge < -0.3 is 16.4 Å². The van der Waals surface area contributed by atoms with Gasteiger partial charge in [0.25, 0.3) is 0 Å². The SMILES string of the molecule is CC(N)CNc1nc(NCc2ccccc2)c2c(n1)N(C(C)C)NN2C(C)C. The number of hydrogen-bond acceptors (Lipinski definition) is 8. The zero-order valence-electron chi connectivity index (χ0n) is 17.4. The van der Waals surface area contributed by atoms with Gasteiger partial charge in [0, 0.05) is 31.2 Å². The summed E-state index contributed by atoms with van der Waals surface area (Å²) in [5, 5.41) is 10.9. The van der Waals surface area contributed by atoms with Crippen LogP contribution >= 0.6 is 0 Å². The van der Waals surface area contributed by atoms with Crippen molar-refractivity contribution in [3.8, 4) is 0 Å². The molecular weight excluding hydrogens is 352 g/mol. The van der Waals surface area contributed by atoms with Crippen LogP contribution in [0.1, 0.15) is 40.2 Å². The molecule has 0 spiro atoms. The maximum atomic E-state index is 5.90. The van der Waals surface area contributed by atoms with Crippen molar-refractivity contribution >= 4 is 23.3 Å². The standard InChI is InChI=1S/C20H32N8/c1-13(2)27-17-18(22-12-16-9-7-6-8-10-16)24-20(23-11-15(5)21)25-19(17)28(26-27)14(3)4/h6-10,13-15,26H,11-12,21H2,1-5H3,(H2,22,23,24,25). The molecule has 0 amide bonds. The van der Waals surface area contributed by atoms with Crippen LogP contribution in [0.25, 0.3) is 0 Å². The molecule has 3 rings (SSSR count). The first-order valence-electron chi connectivity index (χ1n) is 9.90. The van der Waals surface area contributed by atoms with Crippen LogP contribution in [0.4, 0.5) is 23.3 Å². The Bertz CT molecular complexity index is 775. The van der Waals surface area contributed by atoms with E-state index >= 15 is 0 Å². The maximum Gasteiger partial charge on any atom is 0.226 e. The Morgan fingerprint density at radius 3 is 2.25 bits per heavy atom. The average molecular weight is 385 g/mol. The number of fused-ring (bicyclic) bond motifs is 1. The number of nitrogens with two attached hydrogens (primary N) is 1. The Morgan fingerprint density at radius 2 is 1.64 bits per heavy atom. The molecule has 1 unspecified atom stereocenters. The lowest BCUT2D eigenvalue weighted by atomic mass is 10.2. The fourth-order valence-corrected chi connectivity index (χ4v) is 3.02. The molecule has 8 nitrogen and oxygen atoms in total. The topological polar surface area (TPSA) is 94.4 Å². The fraction of sp³-hybridized carbons (Fsp3) is 0.500. The number of aromatic nitrogens is 2. The highest BCUT2D eigenvalue weighted by Crippen LogP contribution is 2.40. The van der Waals surface area contributed by atoms with Gasteiger partial charge in [0.15, 0.2) is 11.6 Å². The van der Waals surface area contributed by atoms with Crippen LogP contribution in [0.2, 0.25) is 0 Å². The lowest BCUT2D eigenvalue weighted by Gasteiger charge is -2.27. The number of rotatable bonds is 8. The van der Waals surface area contributed by atoms with Crippen LogP contribution in [-0.4, -0.2) is 34.6 Å². The molecule has 5 N–H and O–H groups in total. The number of hydrogen-bond donors (Lipinski definition) is 4. The summed E-state index contributed by atoms with van der Waals surface area (Å²) in [6.07, 6.45) is 0. The van der Waals surface area contributed by atoms with E-state index < -0.39 is 0 Å². The van der Waals surface area contributed by atoms with Crippen LogP contribution < -0.4 is 31.9 Å². The molecule has 1 aliphatic heterocycles. The van der Waals surface area contributed by atoms with Crippen LogP contribution in [0.3, 0.4) is 0 Å². The summed E-state index contributed by atoms with van der Waals surface area (Å²) in [4.78, 5) is 9.54. The normalized spacial score (nSPS) is 14.6. The molecule has 8 heteroatoms. The molecule has 28 heavy (non-hydrogen) atoms. The third kappa shape index (κ3) is 4.45. The molecular formula is C20H32N8. The van der Waals surface area contributed by atoms with Gasteiger partial charge >= 0.3 is 0 Å². The van der Waals surface area contributed by atoms with Crippen molar-refractivity contribution in [2.45, 2.75) is 59.3 Å². The van der Waals surface area contributed by atoms with Crippen molar-refractivity contribution in [3.05, 3.63) is 35.9 Å². The fourth-order valence-electron chi connectivity index (χ4n) is 3.02. The molecule has 0 aliphatic carbocycles. The van der Waals surface area contributed by atoms with Gasteiger partial charge in [0.1, 0.15) is 5.69 Å². The van der Waals surface area contributed by atoms with Gasteiger partial charge in [0.05, 0.1) is 0 Å². The van der Waals surface area contributed by atoms with Crippen LogP contribution in [-0.2, 0) is 6.54 Å². The quantitative estimate of drug-likeness (QED) is 0.552. The molecule has 0 saturated carbocycles. The van der Waals surface area contributed by atoms with E-state index in [1.165, 1.54) is 5.56 Å². The van der Waals surface area contributed by atoms with Crippen LogP contribution in [0.5, 0.6) is 0 Å². The highest BCUT2D eigenvalue weighted by Gasteiger charge is 2.34. The third-order valence-electron chi connectivity index (χ3n) is 4.47. The molecule has 0 radical (unpaired) electrons. The van der Waals surface area contributed by atoms with E-state index in [1.807, 2.05) is 25.1 Å². The largest absolute Gasteiger partial charge is 0.364 e. The van der Waals surface area contributed by atoms with E-state index in [2.05, 4.69) is 66.0 Å². The van der Waals surface area contributed by atoms with Gasteiger partial charge in [-0.25, -0.2) is 0 Å². The lowest BCUT2D eigenvalue weighted by molar-refractivity contribution is 0.524. The smallest absolute Gasteiger partial charge is 0.226 e.